The number of aryl methyl sites for hydroxylation is 1. The monoisotopic (exact) mass is 341 g/mol. The van der Waals surface area contributed by atoms with Crippen molar-refractivity contribution in [1.82, 2.24) is 15.1 Å². The standard InChI is InChI=1S/C19H23N3OS/c1-12(2)13(3)20-18(23)17-10-16-14(4)21-22(19(16)24-17)11-15-8-6-5-7-9-15/h5-10,12-13H,11H2,1-4H3,(H,20,23)/t13-/m1/s1. The van der Waals surface area contributed by atoms with Gasteiger partial charge in [-0.3, -0.25) is 9.48 Å². The number of hydrogen-bond acceptors (Lipinski definition) is 3. The number of carbonyl (C=O) groups excluding carboxylic acids is 1. The van der Waals surface area contributed by atoms with Crippen LogP contribution in [-0.4, -0.2) is 21.7 Å². The zero-order valence-electron chi connectivity index (χ0n) is 14.5. The third-order valence-electron chi connectivity index (χ3n) is 4.37. The third-order valence-corrected chi connectivity index (χ3v) is 5.51. The molecule has 0 spiro atoms. The lowest BCUT2D eigenvalue weighted by Crippen LogP contribution is -2.35. The first kappa shape index (κ1) is 16.7. The maximum Gasteiger partial charge on any atom is 0.261 e. The van der Waals surface area contributed by atoms with Crippen molar-refractivity contribution in [2.24, 2.45) is 5.92 Å². The largest absolute Gasteiger partial charge is 0.349 e. The maximum atomic E-state index is 12.5. The Kier molecular flexibility index (Phi) is 4.71. The smallest absolute Gasteiger partial charge is 0.261 e. The van der Waals surface area contributed by atoms with Gasteiger partial charge in [0.15, 0.2) is 0 Å². The lowest BCUT2D eigenvalue weighted by molar-refractivity contribution is 0.0934. The molecule has 0 saturated heterocycles. The molecule has 24 heavy (non-hydrogen) atoms. The number of rotatable bonds is 5. The third kappa shape index (κ3) is 3.36. The summed E-state index contributed by atoms with van der Waals surface area (Å²) >= 11 is 1.51. The Bertz CT molecular complexity index is 848. The van der Waals surface area contributed by atoms with Gasteiger partial charge < -0.3 is 5.32 Å². The van der Waals surface area contributed by atoms with Crippen LogP contribution < -0.4 is 5.32 Å². The van der Waals surface area contributed by atoms with Crippen molar-refractivity contribution in [1.29, 1.82) is 0 Å². The number of benzene rings is 1. The SMILES string of the molecule is Cc1nn(Cc2ccccc2)c2sc(C(=O)N[C@H](C)C(C)C)cc12. The summed E-state index contributed by atoms with van der Waals surface area (Å²) in [6.07, 6.45) is 0. The van der Waals surface area contributed by atoms with E-state index in [0.29, 0.717) is 5.92 Å². The summed E-state index contributed by atoms with van der Waals surface area (Å²) < 4.78 is 1.99. The molecular weight excluding hydrogens is 318 g/mol. The molecule has 3 aromatic rings. The van der Waals surface area contributed by atoms with Crippen LogP contribution in [0.5, 0.6) is 0 Å². The van der Waals surface area contributed by atoms with E-state index in [9.17, 15) is 4.79 Å². The molecule has 0 aliphatic rings. The van der Waals surface area contributed by atoms with Gasteiger partial charge in [0.1, 0.15) is 4.83 Å². The quantitative estimate of drug-likeness (QED) is 0.755. The van der Waals surface area contributed by atoms with Crippen molar-refractivity contribution in [3.8, 4) is 0 Å². The van der Waals surface area contributed by atoms with Crippen LogP contribution in [0.1, 0.15) is 41.7 Å². The van der Waals surface area contributed by atoms with E-state index >= 15 is 0 Å². The normalized spacial score (nSPS) is 12.7. The summed E-state index contributed by atoms with van der Waals surface area (Å²) in [4.78, 5) is 14.3. The molecule has 0 unspecified atom stereocenters. The molecule has 3 rings (SSSR count). The summed E-state index contributed by atoms with van der Waals surface area (Å²) in [5.74, 6) is 0.418. The van der Waals surface area contributed by atoms with Crippen LogP contribution in [-0.2, 0) is 6.54 Å². The molecule has 4 nitrogen and oxygen atoms in total. The zero-order valence-corrected chi connectivity index (χ0v) is 15.4. The van der Waals surface area contributed by atoms with E-state index in [0.717, 1.165) is 27.3 Å². The minimum Gasteiger partial charge on any atom is -0.349 e. The fraction of sp³-hybridized carbons (Fsp3) is 0.368. The molecule has 0 bridgehead atoms. The topological polar surface area (TPSA) is 46.9 Å². The Balaban J connectivity index is 1.88. The van der Waals surface area contributed by atoms with Gasteiger partial charge in [0.05, 0.1) is 17.1 Å². The molecule has 1 aromatic carbocycles. The predicted molar refractivity (Wildman–Crippen MR) is 99.7 cm³/mol. The van der Waals surface area contributed by atoms with Crippen LogP contribution in [0.25, 0.3) is 10.2 Å². The number of aromatic nitrogens is 2. The number of amides is 1. The Morgan fingerprint density at radius 3 is 2.62 bits per heavy atom. The fourth-order valence-corrected chi connectivity index (χ4v) is 3.60. The van der Waals surface area contributed by atoms with E-state index in [1.807, 2.05) is 42.8 Å². The van der Waals surface area contributed by atoms with Gasteiger partial charge in [-0.1, -0.05) is 44.2 Å². The van der Waals surface area contributed by atoms with Gasteiger partial charge in [0.25, 0.3) is 5.91 Å². The van der Waals surface area contributed by atoms with Crippen LogP contribution in [0.2, 0.25) is 0 Å². The highest BCUT2D eigenvalue weighted by atomic mass is 32.1. The van der Waals surface area contributed by atoms with Crippen molar-refractivity contribution in [2.45, 2.75) is 40.3 Å². The number of nitrogens with zero attached hydrogens (tertiary/aromatic N) is 2. The Morgan fingerprint density at radius 1 is 1.25 bits per heavy atom. The molecular formula is C19H23N3OS. The first-order chi connectivity index (χ1) is 11.5. The molecule has 0 fully saturated rings. The van der Waals surface area contributed by atoms with Crippen molar-refractivity contribution >= 4 is 27.5 Å². The average Bonchev–Trinajstić information content (AvgIpc) is 3.10. The van der Waals surface area contributed by atoms with Crippen LogP contribution in [0, 0.1) is 12.8 Å². The second-order valence-electron chi connectivity index (χ2n) is 6.56. The summed E-state index contributed by atoms with van der Waals surface area (Å²) in [7, 11) is 0. The molecule has 0 saturated carbocycles. The van der Waals surface area contributed by atoms with Gasteiger partial charge in [0.2, 0.25) is 0 Å². The number of carbonyl (C=O) groups is 1. The zero-order chi connectivity index (χ0) is 17.3. The lowest BCUT2D eigenvalue weighted by Gasteiger charge is -2.16. The molecule has 126 valence electrons. The van der Waals surface area contributed by atoms with E-state index in [-0.39, 0.29) is 11.9 Å². The molecule has 0 aliphatic carbocycles. The number of thiophene rings is 1. The molecule has 0 radical (unpaired) electrons. The first-order valence-corrected chi connectivity index (χ1v) is 9.09. The molecule has 1 atom stereocenters. The second kappa shape index (κ2) is 6.77. The Labute approximate surface area is 146 Å². The van der Waals surface area contributed by atoms with E-state index < -0.39 is 0 Å². The maximum absolute atomic E-state index is 12.5. The van der Waals surface area contributed by atoms with Gasteiger partial charge in [-0.05, 0) is 31.4 Å². The predicted octanol–water partition coefficient (Wildman–Crippen LogP) is 4.23. The lowest BCUT2D eigenvalue weighted by atomic mass is 10.1. The summed E-state index contributed by atoms with van der Waals surface area (Å²) in [5, 5.41) is 8.77. The second-order valence-corrected chi connectivity index (χ2v) is 7.59. The van der Waals surface area contributed by atoms with Gasteiger partial charge in [-0.25, -0.2) is 0 Å². The van der Waals surface area contributed by atoms with Crippen LogP contribution in [0.15, 0.2) is 36.4 Å². The summed E-state index contributed by atoms with van der Waals surface area (Å²) in [6, 6.07) is 12.4. The van der Waals surface area contributed by atoms with Crippen molar-refractivity contribution in [2.75, 3.05) is 0 Å². The van der Waals surface area contributed by atoms with Crippen molar-refractivity contribution in [3.63, 3.8) is 0 Å². The number of hydrogen-bond donors (Lipinski definition) is 1. The highest BCUT2D eigenvalue weighted by molar-refractivity contribution is 7.20. The van der Waals surface area contributed by atoms with Crippen LogP contribution in [0.3, 0.4) is 0 Å². The number of nitrogens with one attached hydrogen (secondary N) is 1. The Hall–Kier alpha value is -2.14. The van der Waals surface area contributed by atoms with Crippen molar-refractivity contribution < 1.29 is 4.79 Å². The molecule has 1 amide bonds. The van der Waals surface area contributed by atoms with E-state index in [4.69, 9.17) is 0 Å². The molecule has 0 aliphatic heterocycles. The summed E-state index contributed by atoms with van der Waals surface area (Å²) in [5.41, 5.74) is 2.17. The van der Waals surface area contributed by atoms with Crippen molar-refractivity contribution in [3.05, 3.63) is 52.5 Å². The highest BCUT2D eigenvalue weighted by Crippen LogP contribution is 2.29. The molecule has 2 aromatic heterocycles. The van der Waals surface area contributed by atoms with Gasteiger partial charge in [-0.15, -0.1) is 11.3 Å². The first-order valence-electron chi connectivity index (χ1n) is 8.27. The van der Waals surface area contributed by atoms with Crippen LogP contribution >= 0.6 is 11.3 Å². The molecule has 2 heterocycles. The number of fused-ring (bicyclic) bond motifs is 1. The van der Waals surface area contributed by atoms with Gasteiger partial charge in [0, 0.05) is 11.4 Å². The van der Waals surface area contributed by atoms with E-state index in [2.05, 4.69) is 36.4 Å². The minimum atomic E-state index is 0.00283. The fourth-order valence-electron chi connectivity index (χ4n) is 2.53. The average molecular weight is 341 g/mol. The minimum absolute atomic E-state index is 0.00283. The van der Waals surface area contributed by atoms with Crippen LogP contribution in [0.4, 0.5) is 0 Å². The highest BCUT2D eigenvalue weighted by Gasteiger charge is 2.18. The molecule has 1 N–H and O–H groups in total. The Morgan fingerprint density at radius 2 is 1.96 bits per heavy atom. The van der Waals surface area contributed by atoms with Gasteiger partial charge >= 0.3 is 0 Å². The molecule has 5 heteroatoms. The summed E-state index contributed by atoms with van der Waals surface area (Å²) in [6.45, 7) is 8.97. The van der Waals surface area contributed by atoms with E-state index in [1.54, 1.807) is 0 Å². The van der Waals surface area contributed by atoms with Gasteiger partial charge in [-0.2, -0.15) is 5.10 Å². The van der Waals surface area contributed by atoms with E-state index in [1.165, 1.54) is 16.9 Å².